The van der Waals surface area contributed by atoms with E-state index in [9.17, 15) is 8.78 Å². The summed E-state index contributed by atoms with van der Waals surface area (Å²) in [6.45, 7) is 1.42. The third kappa shape index (κ3) is 6.68. The molecule has 1 aliphatic heterocycles. The van der Waals surface area contributed by atoms with Crippen LogP contribution in [0.1, 0.15) is 17.5 Å². The Hall–Kier alpha value is -2.17. The van der Waals surface area contributed by atoms with Gasteiger partial charge in [-0.05, 0) is 49.1 Å². The second-order valence-corrected chi connectivity index (χ2v) is 6.97. The molecule has 9 heteroatoms. The van der Waals surface area contributed by atoms with Crippen LogP contribution < -0.4 is 20.3 Å². The van der Waals surface area contributed by atoms with E-state index in [1.54, 1.807) is 25.4 Å². The van der Waals surface area contributed by atoms with Gasteiger partial charge in [-0.3, -0.25) is 9.98 Å². The molecule has 1 atom stereocenters. The average Bonchev–Trinajstić information content (AvgIpc) is 3.17. The highest BCUT2D eigenvalue weighted by Gasteiger charge is 2.26. The monoisotopic (exact) mass is 531 g/mol. The maximum Gasteiger partial charge on any atom is 0.387 e. The van der Waals surface area contributed by atoms with Crippen LogP contribution in [0.3, 0.4) is 0 Å². The summed E-state index contributed by atoms with van der Waals surface area (Å²) in [5.41, 5.74) is 3.12. The predicted octanol–water partition coefficient (Wildman–Crippen LogP) is 3.60. The molecule has 2 N–H and O–H groups in total. The number of rotatable bonds is 7. The van der Waals surface area contributed by atoms with E-state index in [0.717, 1.165) is 31.9 Å². The van der Waals surface area contributed by atoms with Crippen LogP contribution in [0.2, 0.25) is 0 Å². The number of ether oxygens (including phenoxy) is 1. The molecule has 30 heavy (non-hydrogen) atoms. The van der Waals surface area contributed by atoms with Crippen molar-refractivity contribution in [2.45, 2.75) is 32.4 Å². The topological polar surface area (TPSA) is 61.8 Å². The minimum Gasteiger partial charge on any atom is -0.433 e. The van der Waals surface area contributed by atoms with Gasteiger partial charge in [-0.15, -0.1) is 24.0 Å². The molecule has 0 radical (unpaired) electrons. The Morgan fingerprint density at radius 2 is 2.13 bits per heavy atom. The molecular weight excluding hydrogens is 503 g/mol. The number of aliphatic imine (C=N–C) groups is 1. The van der Waals surface area contributed by atoms with Gasteiger partial charge < -0.3 is 20.3 Å². The standard InChI is InChI=1S/C21H27F2N5O.HI/c1-15-13-25-10-7-16(15)8-11-26-21(24-2)27-17-9-12-28(14-17)18-5-3-4-6-19(18)29-20(22)23;/h3-7,10,13,17,20H,8-9,11-12,14H2,1-2H3,(H2,24,26,27);1H. The Kier molecular flexibility index (Phi) is 9.54. The van der Waals surface area contributed by atoms with Crippen LogP contribution in [0, 0.1) is 6.92 Å². The number of nitrogens with one attached hydrogen (secondary N) is 2. The molecule has 164 valence electrons. The maximum atomic E-state index is 12.7. The molecule has 0 bridgehead atoms. The number of nitrogens with zero attached hydrogens (tertiary/aromatic N) is 3. The number of hydrogen-bond acceptors (Lipinski definition) is 4. The summed E-state index contributed by atoms with van der Waals surface area (Å²) in [6.07, 6.45) is 5.43. The van der Waals surface area contributed by atoms with Crippen molar-refractivity contribution >= 4 is 35.6 Å². The number of para-hydroxylation sites is 2. The minimum atomic E-state index is -2.83. The van der Waals surface area contributed by atoms with Crippen molar-refractivity contribution in [2.24, 2.45) is 4.99 Å². The van der Waals surface area contributed by atoms with Gasteiger partial charge >= 0.3 is 6.61 Å². The summed E-state index contributed by atoms with van der Waals surface area (Å²) in [6, 6.07) is 9.11. The van der Waals surface area contributed by atoms with Crippen LogP contribution in [-0.2, 0) is 6.42 Å². The highest BCUT2D eigenvalue weighted by Crippen LogP contribution is 2.31. The van der Waals surface area contributed by atoms with E-state index in [4.69, 9.17) is 0 Å². The summed E-state index contributed by atoms with van der Waals surface area (Å²) in [4.78, 5) is 10.5. The largest absolute Gasteiger partial charge is 0.433 e. The van der Waals surface area contributed by atoms with Gasteiger partial charge in [0.15, 0.2) is 5.96 Å². The van der Waals surface area contributed by atoms with Gasteiger partial charge in [0.25, 0.3) is 0 Å². The van der Waals surface area contributed by atoms with Crippen LogP contribution in [-0.4, -0.2) is 50.3 Å². The number of benzene rings is 1. The number of halogens is 3. The molecule has 0 spiro atoms. The first-order valence-corrected chi connectivity index (χ1v) is 9.72. The lowest BCUT2D eigenvalue weighted by atomic mass is 10.1. The Morgan fingerprint density at radius 1 is 1.33 bits per heavy atom. The highest BCUT2D eigenvalue weighted by atomic mass is 127. The Morgan fingerprint density at radius 3 is 2.87 bits per heavy atom. The fourth-order valence-corrected chi connectivity index (χ4v) is 3.50. The van der Waals surface area contributed by atoms with Crippen molar-refractivity contribution in [2.75, 3.05) is 31.6 Å². The lowest BCUT2D eigenvalue weighted by molar-refractivity contribution is -0.0495. The molecule has 0 saturated carbocycles. The minimum absolute atomic E-state index is 0. The fourth-order valence-electron chi connectivity index (χ4n) is 3.50. The lowest BCUT2D eigenvalue weighted by Crippen LogP contribution is -2.45. The van der Waals surface area contributed by atoms with Crippen molar-refractivity contribution in [3.05, 3.63) is 53.9 Å². The molecule has 1 aliphatic rings. The van der Waals surface area contributed by atoms with Crippen LogP contribution in [0.15, 0.2) is 47.7 Å². The van der Waals surface area contributed by atoms with Crippen molar-refractivity contribution in [3.63, 3.8) is 0 Å². The zero-order chi connectivity index (χ0) is 20.6. The first-order valence-electron chi connectivity index (χ1n) is 9.72. The Balaban J connectivity index is 0.00000320. The van der Waals surface area contributed by atoms with Crippen LogP contribution in [0.5, 0.6) is 5.75 Å². The van der Waals surface area contributed by atoms with Crippen LogP contribution >= 0.6 is 24.0 Å². The molecule has 1 aromatic heterocycles. The van der Waals surface area contributed by atoms with E-state index in [1.807, 2.05) is 24.4 Å². The quantitative estimate of drug-likeness (QED) is 0.325. The summed E-state index contributed by atoms with van der Waals surface area (Å²) in [5, 5.41) is 6.76. The Bertz CT molecular complexity index is 837. The van der Waals surface area contributed by atoms with E-state index >= 15 is 0 Å². The number of guanidine groups is 1. The number of aromatic nitrogens is 1. The zero-order valence-electron chi connectivity index (χ0n) is 17.1. The molecule has 2 heterocycles. The molecule has 3 rings (SSSR count). The summed E-state index contributed by atoms with van der Waals surface area (Å²) in [7, 11) is 1.74. The lowest BCUT2D eigenvalue weighted by Gasteiger charge is -2.22. The highest BCUT2D eigenvalue weighted by molar-refractivity contribution is 14.0. The second-order valence-electron chi connectivity index (χ2n) is 6.97. The molecule has 0 aliphatic carbocycles. The van der Waals surface area contributed by atoms with E-state index in [2.05, 4.69) is 37.2 Å². The van der Waals surface area contributed by atoms with E-state index < -0.39 is 6.61 Å². The second kappa shape index (κ2) is 11.9. The van der Waals surface area contributed by atoms with E-state index in [-0.39, 0.29) is 35.8 Å². The number of pyridine rings is 1. The van der Waals surface area contributed by atoms with Crippen molar-refractivity contribution in [1.29, 1.82) is 0 Å². The first-order chi connectivity index (χ1) is 14.1. The molecule has 1 unspecified atom stereocenters. The van der Waals surface area contributed by atoms with Gasteiger partial charge in [-0.25, -0.2) is 0 Å². The molecule has 1 aromatic carbocycles. The van der Waals surface area contributed by atoms with Gasteiger partial charge in [0.05, 0.1) is 5.69 Å². The zero-order valence-corrected chi connectivity index (χ0v) is 19.5. The molecular formula is C21H28F2IN5O. The van der Waals surface area contributed by atoms with Crippen LogP contribution in [0.25, 0.3) is 0 Å². The number of hydrogen-bond donors (Lipinski definition) is 2. The molecule has 1 saturated heterocycles. The number of aryl methyl sites for hydroxylation is 1. The van der Waals surface area contributed by atoms with Gasteiger partial charge in [0.2, 0.25) is 0 Å². The van der Waals surface area contributed by atoms with Gasteiger partial charge in [0.1, 0.15) is 5.75 Å². The molecule has 2 aromatic rings. The maximum absolute atomic E-state index is 12.7. The molecule has 6 nitrogen and oxygen atoms in total. The average molecular weight is 531 g/mol. The summed E-state index contributed by atoms with van der Waals surface area (Å²) >= 11 is 0. The van der Waals surface area contributed by atoms with Crippen molar-refractivity contribution in [1.82, 2.24) is 15.6 Å². The van der Waals surface area contributed by atoms with Crippen molar-refractivity contribution in [3.8, 4) is 5.75 Å². The normalized spacial score (nSPS) is 16.4. The number of anilines is 1. The van der Waals surface area contributed by atoms with E-state index in [0.29, 0.717) is 12.2 Å². The third-order valence-corrected chi connectivity index (χ3v) is 5.00. The summed E-state index contributed by atoms with van der Waals surface area (Å²) < 4.78 is 30.0. The molecule has 1 fully saturated rings. The smallest absolute Gasteiger partial charge is 0.387 e. The third-order valence-electron chi connectivity index (χ3n) is 5.00. The van der Waals surface area contributed by atoms with Gasteiger partial charge in [-0.2, -0.15) is 8.78 Å². The van der Waals surface area contributed by atoms with Crippen molar-refractivity contribution < 1.29 is 13.5 Å². The summed E-state index contributed by atoms with van der Waals surface area (Å²) in [5.74, 6) is 0.944. The van der Waals surface area contributed by atoms with Gasteiger partial charge in [0, 0.05) is 45.1 Å². The van der Waals surface area contributed by atoms with Gasteiger partial charge in [-0.1, -0.05) is 12.1 Å². The Labute approximate surface area is 193 Å². The predicted molar refractivity (Wildman–Crippen MR) is 126 cm³/mol. The molecule has 0 amide bonds. The van der Waals surface area contributed by atoms with Crippen LogP contribution in [0.4, 0.5) is 14.5 Å². The SMILES string of the molecule is CN=C(NCCc1ccncc1C)NC1CCN(c2ccccc2OC(F)F)C1.I. The van der Waals surface area contributed by atoms with E-state index in [1.165, 1.54) is 11.1 Å². The fraction of sp³-hybridized carbons (Fsp3) is 0.429. The first kappa shape index (κ1) is 24.1. The number of alkyl halides is 2.